The highest BCUT2D eigenvalue weighted by Crippen LogP contribution is 2.32. The predicted molar refractivity (Wildman–Crippen MR) is 78.3 cm³/mol. The molecule has 0 heterocycles. The molecule has 2 nitrogen and oxygen atoms in total. The summed E-state index contributed by atoms with van der Waals surface area (Å²) >= 11 is 2.15. The van der Waals surface area contributed by atoms with Crippen molar-refractivity contribution in [1.29, 1.82) is 0 Å². The van der Waals surface area contributed by atoms with E-state index in [0.29, 0.717) is 11.4 Å². The van der Waals surface area contributed by atoms with Crippen molar-refractivity contribution in [2.45, 2.75) is 6.43 Å². The van der Waals surface area contributed by atoms with Crippen LogP contribution in [0.2, 0.25) is 0 Å². The molecule has 0 aromatic heterocycles. The van der Waals surface area contributed by atoms with E-state index in [9.17, 15) is 8.78 Å². The SMILES string of the molecule is Nc1ccc(Nc2ccccc2I)c(C(F)F)c1. The second-order valence-corrected chi connectivity index (χ2v) is 4.91. The first-order valence-corrected chi connectivity index (χ1v) is 6.35. The lowest BCUT2D eigenvalue weighted by molar-refractivity contribution is 0.152. The number of nitrogens with one attached hydrogen (secondary N) is 1. The fraction of sp³-hybridized carbons (Fsp3) is 0.0769. The Kier molecular flexibility index (Phi) is 4.00. The number of alkyl halides is 2. The van der Waals surface area contributed by atoms with Crippen molar-refractivity contribution in [2.24, 2.45) is 0 Å². The number of para-hydroxylation sites is 1. The van der Waals surface area contributed by atoms with Gasteiger partial charge in [-0.05, 0) is 52.9 Å². The molecule has 94 valence electrons. The highest BCUT2D eigenvalue weighted by Gasteiger charge is 2.14. The molecule has 2 aromatic rings. The van der Waals surface area contributed by atoms with Gasteiger partial charge in [0.1, 0.15) is 0 Å². The van der Waals surface area contributed by atoms with Crippen molar-refractivity contribution in [3.05, 3.63) is 51.6 Å². The fourth-order valence-electron chi connectivity index (χ4n) is 1.58. The van der Waals surface area contributed by atoms with Crippen LogP contribution in [0.5, 0.6) is 0 Å². The summed E-state index contributed by atoms with van der Waals surface area (Å²) in [5.74, 6) is 0. The van der Waals surface area contributed by atoms with Crippen molar-refractivity contribution >= 4 is 39.7 Å². The molecule has 3 N–H and O–H groups in total. The molecule has 0 aliphatic rings. The average Bonchev–Trinajstić information content (AvgIpc) is 2.34. The molecule has 5 heteroatoms. The fourth-order valence-corrected chi connectivity index (χ4v) is 2.11. The van der Waals surface area contributed by atoms with Crippen molar-refractivity contribution in [3.8, 4) is 0 Å². The summed E-state index contributed by atoms with van der Waals surface area (Å²) in [6.07, 6.45) is -2.56. The molecule has 0 spiro atoms. The van der Waals surface area contributed by atoms with Gasteiger partial charge in [-0.3, -0.25) is 0 Å². The van der Waals surface area contributed by atoms with E-state index in [2.05, 4.69) is 27.9 Å². The largest absolute Gasteiger partial charge is 0.399 e. The van der Waals surface area contributed by atoms with Gasteiger partial charge in [-0.1, -0.05) is 12.1 Å². The van der Waals surface area contributed by atoms with Crippen LogP contribution in [-0.2, 0) is 0 Å². The number of hydrogen-bond acceptors (Lipinski definition) is 2. The van der Waals surface area contributed by atoms with Gasteiger partial charge >= 0.3 is 0 Å². The molecule has 0 saturated heterocycles. The van der Waals surface area contributed by atoms with E-state index in [1.165, 1.54) is 6.07 Å². The first-order valence-electron chi connectivity index (χ1n) is 5.27. The number of hydrogen-bond donors (Lipinski definition) is 2. The molecule has 0 bridgehead atoms. The molecular formula is C13H11F2IN2. The smallest absolute Gasteiger partial charge is 0.265 e. The summed E-state index contributed by atoms with van der Waals surface area (Å²) in [7, 11) is 0. The van der Waals surface area contributed by atoms with Crippen LogP contribution in [0.1, 0.15) is 12.0 Å². The zero-order valence-corrected chi connectivity index (χ0v) is 11.5. The number of nitrogen functional groups attached to an aromatic ring is 1. The van der Waals surface area contributed by atoms with Gasteiger partial charge in [0.25, 0.3) is 6.43 Å². The van der Waals surface area contributed by atoms with Gasteiger partial charge in [0.05, 0.1) is 5.69 Å². The lowest BCUT2D eigenvalue weighted by Crippen LogP contribution is -1.99. The Morgan fingerprint density at radius 1 is 1.06 bits per heavy atom. The molecular weight excluding hydrogens is 349 g/mol. The lowest BCUT2D eigenvalue weighted by Gasteiger charge is -2.13. The Bertz CT molecular complexity index is 558. The Morgan fingerprint density at radius 2 is 1.78 bits per heavy atom. The standard InChI is InChI=1S/C13H11F2IN2/c14-13(15)9-7-8(17)5-6-11(9)18-12-4-2-1-3-10(12)16/h1-7,13,18H,17H2. The summed E-state index contributed by atoms with van der Waals surface area (Å²) in [5.41, 5.74) is 6.94. The van der Waals surface area contributed by atoms with E-state index in [1.807, 2.05) is 24.3 Å². The van der Waals surface area contributed by atoms with Crippen LogP contribution < -0.4 is 11.1 Å². The highest BCUT2D eigenvalue weighted by molar-refractivity contribution is 14.1. The maximum absolute atomic E-state index is 12.9. The van der Waals surface area contributed by atoms with Crippen LogP contribution in [-0.4, -0.2) is 0 Å². The topological polar surface area (TPSA) is 38.0 Å². The van der Waals surface area contributed by atoms with E-state index in [1.54, 1.807) is 12.1 Å². The Hall–Kier alpha value is -1.37. The van der Waals surface area contributed by atoms with Gasteiger partial charge in [0, 0.05) is 20.5 Å². The third-order valence-electron chi connectivity index (χ3n) is 2.45. The molecule has 0 unspecified atom stereocenters. The van der Waals surface area contributed by atoms with Gasteiger partial charge in [-0.25, -0.2) is 8.78 Å². The summed E-state index contributed by atoms with van der Waals surface area (Å²) < 4.78 is 26.8. The van der Waals surface area contributed by atoms with Gasteiger partial charge in [0.2, 0.25) is 0 Å². The van der Waals surface area contributed by atoms with Crippen LogP contribution in [0.15, 0.2) is 42.5 Å². The van der Waals surface area contributed by atoms with Crippen LogP contribution in [0.25, 0.3) is 0 Å². The van der Waals surface area contributed by atoms with Gasteiger partial charge < -0.3 is 11.1 Å². The number of halogens is 3. The average molecular weight is 360 g/mol. The van der Waals surface area contributed by atoms with Gasteiger partial charge in [-0.2, -0.15) is 0 Å². The number of anilines is 3. The van der Waals surface area contributed by atoms with Crippen LogP contribution in [0.4, 0.5) is 25.8 Å². The quantitative estimate of drug-likeness (QED) is 0.622. The van der Waals surface area contributed by atoms with Gasteiger partial charge in [-0.15, -0.1) is 0 Å². The van der Waals surface area contributed by atoms with Crippen molar-refractivity contribution < 1.29 is 8.78 Å². The van der Waals surface area contributed by atoms with Crippen LogP contribution in [0.3, 0.4) is 0 Å². The highest BCUT2D eigenvalue weighted by atomic mass is 127. The normalized spacial score (nSPS) is 10.7. The zero-order chi connectivity index (χ0) is 13.1. The molecule has 0 amide bonds. The zero-order valence-electron chi connectivity index (χ0n) is 9.33. The molecule has 0 radical (unpaired) electrons. The number of rotatable bonds is 3. The summed E-state index contributed by atoms with van der Waals surface area (Å²) in [4.78, 5) is 0. The molecule has 2 aromatic carbocycles. The van der Waals surface area contributed by atoms with E-state index < -0.39 is 6.43 Å². The Balaban J connectivity index is 2.37. The molecule has 0 atom stereocenters. The van der Waals surface area contributed by atoms with E-state index in [0.717, 1.165) is 9.26 Å². The third-order valence-corrected chi connectivity index (χ3v) is 3.39. The predicted octanol–water partition coefficient (Wildman–Crippen LogP) is 4.55. The number of benzene rings is 2. The van der Waals surface area contributed by atoms with Crippen molar-refractivity contribution in [3.63, 3.8) is 0 Å². The molecule has 2 rings (SSSR count). The lowest BCUT2D eigenvalue weighted by atomic mass is 10.1. The maximum atomic E-state index is 12.9. The Labute approximate surface area is 117 Å². The van der Waals surface area contributed by atoms with Crippen molar-refractivity contribution in [1.82, 2.24) is 0 Å². The number of nitrogens with two attached hydrogens (primary N) is 1. The van der Waals surface area contributed by atoms with E-state index in [4.69, 9.17) is 5.73 Å². The molecule has 0 aliphatic heterocycles. The minimum atomic E-state index is -2.56. The van der Waals surface area contributed by atoms with Gasteiger partial charge in [0.15, 0.2) is 0 Å². The molecule has 0 aliphatic carbocycles. The first-order chi connectivity index (χ1) is 8.58. The Morgan fingerprint density at radius 3 is 2.44 bits per heavy atom. The van der Waals surface area contributed by atoms with Crippen LogP contribution >= 0.6 is 22.6 Å². The maximum Gasteiger partial charge on any atom is 0.265 e. The third kappa shape index (κ3) is 2.90. The first kappa shape index (κ1) is 13.1. The summed E-state index contributed by atoms with van der Waals surface area (Å²) in [6.45, 7) is 0. The molecule has 0 saturated carbocycles. The monoisotopic (exact) mass is 360 g/mol. The summed E-state index contributed by atoms with van der Waals surface area (Å²) in [6, 6.07) is 12.0. The van der Waals surface area contributed by atoms with Crippen LogP contribution in [0, 0.1) is 3.57 Å². The second kappa shape index (κ2) is 5.51. The van der Waals surface area contributed by atoms with E-state index in [-0.39, 0.29) is 5.56 Å². The van der Waals surface area contributed by atoms with Crippen molar-refractivity contribution in [2.75, 3.05) is 11.1 Å². The molecule has 0 fully saturated rings. The summed E-state index contributed by atoms with van der Waals surface area (Å²) in [5, 5.41) is 3.01. The van der Waals surface area contributed by atoms with E-state index >= 15 is 0 Å². The minimum absolute atomic E-state index is 0.0883. The minimum Gasteiger partial charge on any atom is -0.399 e. The second-order valence-electron chi connectivity index (χ2n) is 3.75. The molecule has 18 heavy (non-hydrogen) atoms.